The van der Waals surface area contributed by atoms with Gasteiger partial charge in [-0.3, -0.25) is 0 Å². The second-order valence-electron chi connectivity index (χ2n) is 8.95. The molecule has 2 heterocycles. The monoisotopic (exact) mass is 449 g/mol. The second kappa shape index (κ2) is 6.69. The van der Waals surface area contributed by atoms with Gasteiger partial charge < -0.3 is 4.57 Å². The molecular weight excluding hydrogens is 430 g/mol. The molecule has 0 saturated carbocycles. The Kier molecular flexibility index (Phi) is 3.60. The SMILES string of the molecule is c1ccc(-n2c3ccc4c5ccccc5ccc4c3c3c4sc5ccccc5c4ccc32)cc1. The molecule has 0 spiro atoms. The number of para-hydroxylation sites is 1. The van der Waals surface area contributed by atoms with E-state index in [2.05, 4.69) is 120 Å². The molecule has 34 heavy (non-hydrogen) atoms. The van der Waals surface area contributed by atoms with Crippen molar-refractivity contribution < 1.29 is 0 Å². The standard InChI is InChI=1S/C32H19NS/c1-2-9-21(10-3-1)33-27-18-16-23-22-11-5-4-8-20(22)14-15-25(23)30(27)31-28(33)19-17-26-24-12-6-7-13-29(24)34-32(26)31/h1-19H. The zero-order valence-electron chi connectivity index (χ0n) is 18.3. The Morgan fingerprint density at radius 1 is 0.441 bits per heavy atom. The fraction of sp³-hybridized carbons (Fsp3) is 0. The van der Waals surface area contributed by atoms with Crippen LogP contribution in [-0.2, 0) is 0 Å². The van der Waals surface area contributed by atoms with Crippen LogP contribution in [0.15, 0.2) is 115 Å². The van der Waals surface area contributed by atoms with E-state index in [1.807, 2.05) is 11.3 Å². The topological polar surface area (TPSA) is 4.93 Å². The van der Waals surface area contributed by atoms with E-state index >= 15 is 0 Å². The molecule has 0 aliphatic rings. The first-order valence-electron chi connectivity index (χ1n) is 11.6. The summed E-state index contributed by atoms with van der Waals surface area (Å²) in [5.74, 6) is 0. The molecule has 0 aliphatic carbocycles. The number of fused-ring (bicyclic) bond motifs is 11. The van der Waals surface area contributed by atoms with Crippen LogP contribution in [0.5, 0.6) is 0 Å². The Bertz CT molecular complexity index is 2060. The third-order valence-corrected chi connectivity index (χ3v) is 8.38. The highest BCUT2D eigenvalue weighted by Crippen LogP contribution is 2.45. The summed E-state index contributed by atoms with van der Waals surface area (Å²) < 4.78 is 5.15. The average molecular weight is 450 g/mol. The Labute approximate surface area is 200 Å². The van der Waals surface area contributed by atoms with Crippen LogP contribution in [0, 0.1) is 0 Å². The fourth-order valence-corrected chi connectivity index (χ4v) is 6.97. The van der Waals surface area contributed by atoms with Gasteiger partial charge in [0.15, 0.2) is 0 Å². The van der Waals surface area contributed by atoms with Gasteiger partial charge in [-0.05, 0) is 51.9 Å². The average Bonchev–Trinajstić information content (AvgIpc) is 3.44. The van der Waals surface area contributed by atoms with E-state index in [-0.39, 0.29) is 0 Å². The van der Waals surface area contributed by atoms with Crippen molar-refractivity contribution in [3.63, 3.8) is 0 Å². The molecule has 8 rings (SSSR count). The van der Waals surface area contributed by atoms with Crippen molar-refractivity contribution in [1.29, 1.82) is 0 Å². The molecule has 8 aromatic rings. The zero-order chi connectivity index (χ0) is 22.2. The predicted molar refractivity (Wildman–Crippen MR) is 149 cm³/mol. The maximum Gasteiger partial charge on any atom is 0.0555 e. The van der Waals surface area contributed by atoms with E-state index in [0.717, 1.165) is 0 Å². The normalized spacial score (nSPS) is 12.1. The van der Waals surface area contributed by atoms with Gasteiger partial charge in [0, 0.05) is 36.6 Å². The maximum absolute atomic E-state index is 2.43. The molecule has 0 atom stereocenters. The van der Waals surface area contributed by atoms with Crippen molar-refractivity contribution in [2.24, 2.45) is 0 Å². The van der Waals surface area contributed by atoms with Crippen LogP contribution in [0.3, 0.4) is 0 Å². The third-order valence-electron chi connectivity index (χ3n) is 7.18. The molecule has 2 aromatic heterocycles. The summed E-state index contributed by atoms with van der Waals surface area (Å²) in [5.41, 5.74) is 3.72. The summed E-state index contributed by atoms with van der Waals surface area (Å²) in [6, 6.07) is 42.1. The minimum atomic E-state index is 1.20. The molecule has 1 nitrogen and oxygen atoms in total. The van der Waals surface area contributed by atoms with Crippen LogP contribution >= 0.6 is 11.3 Å². The van der Waals surface area contributed by atoms with Gasteiger partial charge in [-0.1, -0.05) is 84.9 Å². The van der Waals surface area contributed by atoms with E-state index in [1.165, 1.54) is 69.2 Å². The summed E-state index contributed by atoms with van der Waals surface area (Å²) in [7, 11) is 0. The largest absolute Gasteiger partial charge is 0.309 e. The molecule has 0 saturated heterocycles. The van der Waals surface area contributed by atoms with Crippen LogP contribution in [0.25, 0.3) is 69.2 Å². The molecule has 0 bridgehead atoms. The highest BCUT2D eigenvalue weighted by atomic mass is 32.1. The zero-order valence-corrected chi connectivity index (χ0v) is 19.1. The molecular formula is C32H19NS. The Balaban J connectivity index is 1.68. The van der Waals surface area contributed by atoms with Crippen LogP contribution in [0.4, 0.5) is 0 Å². The number of hydrogen-bond donors (Lipinski definition) is 0. The van der Waals surface area contributed by atoms with Crippen molar-refractivity contribution in [3.8, 4) is 5.69 Å². The molecule has 0 aliphatic heterocycles. The van der Waals surface area contributed by atoms with E-state index in [0.29, 0.717) is 0 Å². The molecule has 0 N–H and O–H groups in total. The van der Waals surface area contributed by atoms with Gasteiger partial charge in [-0.15, -0.1) is 11.3 Å². The summed E-state index contributed by atoms with van der Waals surface area (Å²) >= 11 is 1.91. The first-order chi connectivity index (χ1) is 16.9. The van der Waals surface area contributed by atoms with Crippen LogP contribution in [0.1, 0.15) is 0 Å². The minimum Gasteiger partial charge on any atom is -0.309 e. The smallest absolute Gasteiger partial charge is 0.0555 e. The quantitative estimate of drug-likeness (QED) is 0.220. The van der Waals surface area contributed by atoms with Gasteiger partial charge in [-0.2, -0.15) is 0 Å². The second-order valence-corrected chi connectivity index (χ2v) is 10.00. The maximum atomic E-state index is 2.43. The number of aromatic nitrogens is 1. The molecule has 0 unspecified atom stereocenters. The molecule has 6 aromatic carbocycles. The van der Waals surface area contributed by atoms with Gasteiger partial charge in [0.1, 0.15) is 0 Å². The first-order valence-corrected chi connectivity index (χ1v) is 12.4. The number of hydrogen-bond acceptors (Lipinski definition) is 1. The number of thiophene rings is 1. The van der Waals surface area contributed by atoms with Crippen LogP contribution in [-0.4, -0.2) is 4.57 Å². The lowest BCUT2D eigenvalue weighted by Crippen LogP contribution is -1.92. The van der Waals surface area contributed by atoms with Gasteiger partial charge in [0.05, 0.1) is 11.0 Å². The first kappa shape index (κ1) is 18.3. The highest BCUT2D eigenvalue weighted by molar-refractivity contribution is 7.26. The van der Waals surface area contributed by atoms with Crippen molar-refractivity contribution in [2.75, 3.05) is 0 Å². The molecule has 0 amide bonds. The lowest BCUT2D eigenvalue weighted by atomic mass is 9.98. The van der Waals surface area contributed by atoms with Gasteiger partial charge in [-0.25, -0.2) is 0 Å². The molecule has 0 radical (unpaired) electrons. The van der Waals surface area contributed by atoms with E-state index in [1.54, 1.807) is 0 Å². The van der Waals surface area contributed by atoms with Crippen molar-refractivity contribution in [2.45, 2.75) is 0 Å². The van der Waals surface area contributed by atoms with E-state index in [4.69, 9.17) is 0 Å². The van der Waals surface area contributed by atoms with Crippen molar-refractivity contribution in [1.82, 2.24) is 4.57 Å². The molecule has 158 valence electrons. The Hall–Kier alpha value is -4.14. The summed E-state index contributed by atoms with van der Waals surface area (Å²) in [6.07, 6.45) is 0. The molecule has 2 heteroatoms. The van der Waals surface area contributed by atoms with E-state index in [9.17, 15) is 0 Å². The third kappa shape index (κ3) is 2.33. The number of nitrogens with zero attached hydrogens (tertiary/aromatic N) is 1. The van der Waals surface area contributed by atoms with Crippen molar-refractivity contribution in [3.05, 3.63) is 115 Å². The minimum absolute atomic E-state index is 1.20. The lowest BCUT2D eigenvalue weighted by Gasteiger charge is -2.09. The van der Waals surface area contributed by atoms with Crippen LogP contribution in [0.2, 0.25) is 0 Å². The number of benzene rings is 6. The van der Waals surface area contributed by atoms with Crippen LogP contribution < -0.4 is 0 Å². The van der Waals surface area contributed by atoms with E-state index < -0.39 is 0 Å². The predicted octanol–water partition coefficient (Wildman–Crippen LogP) is 9.46. The highest BCUT2D eigenvalue weighted by Gasteiger charge is 2.19. The molecule has 0 fully saturated rings. The van der Waals surface area contributed by atoms with Gasteiger partial charge >= 0.3 is 0 Å². The summed E-state index contributed by atoms with van der Waals surface area (Å²) in [5, 5.41) is 10.6. The number of rotatable bonds is 1. The Morgan fingerprint density at radius 3 is 2.00 bits per heavy atom. The fourth-order valence-electron chi connectivity index (χ4n) is 5.72. The summed E-state index contributed by atoms with van der Waals surface area (Å²) in [6.45, 7) is 0. The van der Waals surface area contributed by atoms with Gasteiger partial charge in [0.25, 0.3) is 0 Å². The summed E-state index contributed by atoms with van der Waals surface area (Å²) in [4.78, 5) is 0. The van der Waals surface area contributed by atoms with Gasteiger partial charge in [0.2, 0.25) is 0 Å². The lowest BCUT2D eigenvalue weighted by molar-refractivity contribution is 1.18. The Morgan fingerprint density at radius 2 is 1.12 bits per heavy atom. The van der Waals surface area contributed by atoms with Crippen molar-refractivity contribution >= 4 is 74.9 Å².